The summed E-state index contributed by atoms with van der Waals surface area (Å²) in [5, 5.41) is 26.3. The van der Waals surface area contributed by atoms with E-state index in [9.17, 15) is 9.90 Å². The zero-order valence-electron chi connectivity index (χ0n) is 12.3. The fourth-order valence-electron chi connectivity index (χ4n) is 0.870. The van der Waals surface area contributed by atoms with Crippen LogP contribution in [0, 0.1) is 0 Å². The third-order valence-corrected chi connectivity index (χ3v) is 1.39. The van der Waals surface area contributed by atoms with Crippen molar-refractivity contribution in [3.63, 3.8) is 0 Å². The Bertz CT molecular complexity index is 354. The van der Waals surface area contributed by atoms with Crippen molar-refractivity contribution < 1.29 is 37.7 Å². The predicted molar refractivity (Wildman–Crippen MR) is 82.3 cm³/mol. The van der Waals surface area contributed by atoms with Gasteiger partial charge in [0.2, 0.25) is 0 Å². The number of hydrogen-bond acceptors (Lipinski definition) is 4. The molecule has 21 heavy (non-hydrogen) atoms. The van der Waals surface area contributed by atoms with E-state index >= 15 is 0 Å². The molecule has 0 heterocycles. The molecule has 0 saturated carbocycles. The van der Waals surface area contributed by atoms with Crippen LogP contribution < -0.4 is 5.11 Å². The Kier molecular flexibility index (Phi) is 26.8. The summed E-state index contributed by atoms with van der Waals surface area (Å²) in [6.45, 7) is 5.22. The monoisotopic (exact) mass is 504 g/mol. The first-order valence-electron chi connectivity index (χ1n) is 6.03. The number of allylic oxidation sites excluding steroid dienone is 1. The van der Waals surface area contributed by atoms with E-state index in [0.29, 0.717) is 5.56 Å². The van der Waals surface area contributed by atoms with E-state index in [1.54, 1.807) is 38.1 Å². The Morgan fingerprint density at radius 2 is 1.52 bits per heavy atom. The van der Waals surface area contributed by atoms with E-state index in [1.165, 1.54) is 6.92 Å². The van der Waals surface area contributed by atoms with Gasteiger partial charge in [-0.1, -0.05) is 36.1 Å². The maximum absolute atomic E-state index is 11.2. The quantitative estimate of drug-likeness (QED) is 0.478. The Morgan fingerprint density at radius 1 is 1.19 bits per heavy atom. The molecule has 1 aromatic rings. The van der Waals surface area contributed by atoms with Gasteiger partial charge in [-0.25, -0.2) is 0 Å². The summed E-state index contributed by atoms with van der Waals surface area (Å²) in [6.07, 6.45) is 1.09. The molecule has 0 saturated heterocycles. The van der Waals surface area contributed by atoms with Gasteiger partial charge in [-0.05, 0) is 32.4 Å². The van der Waals surface area contributed by atoms with Crippen LogP contribution in [-0.4, -0.2) is 29.2 Å². The topological polar surface area (TPSA) is 80.6 Å². The minimum absolute atomic E-state index is 0.219. The summed E-state index contributed by atoms with van der Waals surface area (Å²) in [5.74, 6) is -0.452. The Morgan fingerprint density at radius 3 is 1.81 bits per heavy atom. The molecule has 0 bridgehead atoms. The van der Waals surface area contributed by atoms with Crippen LogP contribution in [0.2, 0.25) is 0 Å². The average Bonchev–Trinajstić information content (AvgIpc) is 2.41. The number of ketones is 1. The molecule has 7 heteroatoms. The summed E-state index contributed by atoms with van der Waals surface area (Å²) >= 11 is -0.889. The third kappa shape index (κ3) is 25.0. The number of carbonyl (C=O) groups excluding carboxylic acids is 1. The maximum atomic E-state index is 11.2. The Balaban J connectivity index is -0.000000300. The van der Waals surface area contributed by atoms with Crippen LogP contribution in [-0.2, 0) is 22.4 Å². The summed E-state index contributed by atoms with van der Waals surface area (Å²) in [6, 6.07) is 8.72. The second-order valence-electron chi connectivity index (χ2n) is 3.18. The van der Waals surface area contributed by atoms with Crippen LogP contribution in [0.25, 0.3) is 5.76 Å². The first-order chi connectivity index (χ1) is 9.94. The van der Waals surface area contributed by atoms with Crippen LogP contribution >= 0.6 is 18.4 Å². The van der Waals surface area contributed by atoms with Gasteiger partial charge >= 0.3 is 36.0 Å². The van der Waals surface area contributed by atoms with E-state index < -0.39 is 17.6 Å². The summed E-state index contributed by atoms with van der Waals surface area (Å²) in [7, 11) is 9.89. The molecular weight excluding hydrogens is 484 g/mol. The molecule has 121 valence electrons. The molecule has 0 aromatic heterocycles. The number of halogens is 2. The molecule has 0 amide bonds. The van der Waals surface area contributed by atoms with Gasteiger partial charge in [0.05, 0.1) is 0 Å². The van der Waals surface area contributed by atoms with Gasteiger partial charge in [-0.3, -0.25) is 4.79 Å². The first kappa shape index (κ1) is 25.6. The molecule has 0 radical (unpaired) electrons. The molecule has 0 spiro atoms. The van der Waals surface area contributed by atoms with Crippen molar-refractivity contribution in [2.75, 3.05) is 13.2 Å². The van der Waals surface area contributed by atoms with Crippen molar-refractivity contribution in [1.82, 2.24) is 0 Å². The standard InChI is InChI=1S/C10H10O2.2C2H6O.2ClH.Ta/c1-8(11)7-10(12)9-5-3-2-4-6-9;2*1-2-3;;;/h2-7,12H,1H3;2*3H,2H2,1H3;2*1H;/q;;;;;+2/p-3/b10-7-;;;;;. The molecule has 0 unspecified atom stereocenters. The summed E-state index contributed by atoms with van der Waals surface area (Å²) < 4.78 is 0. The second-order valence-corrected chi connectivity index (χ2v) is 7.82. The van der Waals surface area contributed by atoms with Gasteiger partial charge in [0.25, 0.3) is 0 Å². The fraction of sp³-hybridized carbons (Fsp3) is 0.357. The molecule has 0 aliphatic rings. The van der Waals surface area contributed by atoms with Crippen molar-refractivity contribution in [1.29, 1.82) is 0 Å². The number of rotatable bonds is 2. The minimum atomic E-state index is -0.889. The third-order valence-electron chi connectivity index (χ3n) is 1.39. The second kappa shape index (κ2) is 22.0. The van der Waals surface area contributed by atoms with Gasteiger partial charge in [-0.15, -0.1) is 0 Å². The molecule has 1 rings (SSSR count). The van der Waals surface area contributed by atoms with Gasteiger partial charge in [0.15, 0.2) is 5.78 Å². The van der Waals surface area contributed by atoms with Crippen LogP contribution in [0.3, 0.4) is 0 Å². The van der Waals surface area contributed by atoms with Crippen molar-refractivity contribution in [3.8, 4) is 0 Å². The van der Waals surface area contributed by atoms with Gasteiger partial charge < -0.3 is 15.3 Å². The van der Waals surface area contributed by atoms with Gasteiger partial charge in [0.1, 0.15) is 0 Å². The van der Waals surface area contributed by atoms with Crippen LogP contribution in [0.4, 0.5) is 0 Å². The molecular formula is C14H21Cl2O4Ta-. The number of benzene rings is 1. The Hall–Kier alpha value is -0.330. The van der Waals surface area contributed by atoms with Crippen LogP contribution in [0.1, 0.15) is 26.3 Å². The molecule has 1 aromatic carbocycles. The van der Waals surface area contributed by atoms with Crippen molar-refractivity contribution >= 4 is 29.9 Å². The van der Waals surface area contributed by atoms with Crippen molar-refractivity contribution in [3.05, 3.63) is 42.0 Å². The zero-order valence-corrected chi connectivity index (χ0v) is 17.0. The van der Waals surface area contributed by atoms with E-state index in [-0.39, 0.29) is 24.8 Å². The number of aliphatic hydroxyl groups excluding tert-OH is 2. The molecule has 0 aliphatic carbocycles. The molecule has 4 nitrogen and oxygen atoms in total. The number of aliphatic hydroxyl groups is 2. The van der Waals surface area contributed by atoms with Crippen LogP contribution in [0.15, 0.2) is 36.4 Å². The summed E-state index contributed by atoms with van der Waals surface area (Å²) in [4.78, 5) is 10.6. The van der Waals surface area contributed by atoms with Crippen molar-refractivity contribution in [2.24, 2.45) is 0 Å². The van der Waals surface area contributed by atoms with E-state index in [2.05, 4.69) is 0 Å². The fourth-order valence-corrected chi connectivity index (χ4v) is 0.870. The van der Waals surface area contributed by atoms with Crippen LogP contribution in [0.5, 0.6) is 0 Å². The number of carbonyl (C=O) groups is 1. The number of hydrogen-bond donors (Lipinski definition) is 2. The normalized spacial score (nSPS) is 8.81. The van der Waals surface area contributed by atoms with Gasteiger partial charge in [-0.2, -0.15) is 0 Å². The van der Waals surface area contributed by atoms with E-state index in [1.807, 2.05) is 6.07 Å². The summed E-state index contributed by atoms with van der Waals surface area (Å²) in [5.41, 5.74) is 0.549. The molecule has 2 N–H and O–H groups in total. The zero-order chi connectivity index (χ0) is 17.1. The van der Waals surface area contributed by atoms with E-state index in [0.717, 1.165) is 6.08 Å². The predicted octanol–water partition coefficient (Wildman–Crippen LogP) is 2.35. The molecule has 0 aliphatic heterocycles. The van der Waals surface area contributed by atoms with Crippen molar-refractivity contribution in [2.45, 2.75) is 20.8 Å². The SMILES string of the molecule is CC(=O)/C=C(\[O-])c1ccccc1.CCO.CCO.[Cl][Ta][Cl]. The molecule has 0 atom stereocenters. The van der Waals surface area contributed by atoms with E-state index in [4.69, 9.17) is 28.6 Å². The first-order valence-corrected chi connectivity index (χ1v) is 14.0. The Labute approximate surface area is 143 Å². The molecule has 0 fully saturated rings. The van der Waals surface area contributed by atoms with Gasteiger partial charge in [0, 0.05) is 13.2 Å². The average molecular weight is 505 g/mol.